The van der Waals surface area contributed by atoms with Crippen molar-refractivity contribution in [2.75, 3.05) is 5.32 Å². The third-order valence-corrected chi connectivity index (χ3v) is 5.04. The Morgan fingerprint density at radius 1 is 1.22 bits per heavy atom. The molecule has 3 aromatic rings. The fourth-order valence-electron chi connectivity index (χ4n) is 3.02. The van der Waals surface area contributed by atoms with Gasteiger partial charge in [0.25, 0.3) is 0 Å². The van der Waals surface area contributed by atoms with E-state index in [1.807, 2.05) is 4.68 Å². The smallest absolute Gasteiger partial charge is 0.150 e. The van der Waals surface area contributed by atoms with Crippen LogP contribution in [0.1, 0.15) is 50.2 Å². The Kier molecular flexibility index (Phi) is 3.72. The first-order valence-corrected chi connectivity index (χ1v) is 9.10. The molecular weight excluding hydrogens is 308 g/mol. The van der Waals surface area contributed by atoms with Crippen LogP contribution in [-0.2, 0) is 19.4 Å². The number of nitrogens with zero attached hydrogens (tertiary/aromatic N) is 5. The van der Waals surface area contributed by atoms with Gasteiger partial charge in [0.15, 0.2) is 5.82 Å². The number of hydrogen-bond acceptors (Lipinski definition) is 6. The molecule has 4 heterocycles. The lowest BCUT2D eigenvalue weighted by atomic mass is 10.1. The first-order chi connectivity index (χ1) is 11.3. The Morgan fingerprint density at radius 2 is 2.09 bits per heavy atom. The summed E-state index contributed by atoms with van der Waals surface area (Å²) < 4.78 is 2.05. The highest BCUT2D eigenvalue weighted by Crippen LogP contribution is 2.31. The second kappa shape index (κ2) is 5.88. The number of aryl methyl sites for hydroxylation is 3. The zero-order chi connectivity index (χ0) is 15.8. The zero-order valence-corrected chi connectivity index (χ0v) is 14.2. The summed E-state index contributed by atoms with van der Waals surface area (Å²) in [6, 6.07) is 2.26. The number of rotatable bonds is 4. The standard InChI is InChI=1S/C16H20N6S/c1-3-12-18-14(10-7-9-23-16(10)20-12)17-11-6-5-8-22-15(11)19-13(4-2)21-22/h7,9,11H,3-6,8H2,1-2H3,(H,17,18,20). The van der Waals surface area contributed by atoms with Crippen molar-refractivity contribution in [2.45, 2.75) is 52.1 Å². The average Bonchev–Trinajstić information content (AvgIpc) is 3.21. The SMILES string of the molecule is CCc1nc(NC2CCCn3nc(CC)nc32)c2ccsc2n1. The lowest BCUT2D eigenvalue weighted by molar-refractivity contribution is 0.436. The molecule has 0 fully saturated rings. The van der Waals surface area contributed by atoms with Gasteiger partial charge in [-0.15, -0.1) is 11.3 Å². The first-order valence-electron chi connectivity index (χ1n) is 8.22. The van der Waals surface area contributed by atoms with Gasteiger partial charge in [-0.2, -0.15) is 5.10 Å². The van der Waals surface area contributed by atoms with Gasteiger partial charge in [0, 0.05) is 19.4 Å². The van der Waals surface area contributed by atoms with E-state index in [0.717, 1.165) is 65.7 Å². The van der Waals surface area contributed by atoms with Crippen molar-refractivity contribution in [3.63, 3.8) is 0 Å². The molecule has 4 rings (SSSR count). The van der Waals surface area contributed by atoms with E-state index in [4.69, 9.17) is 9.97 Å². The molecule has 0 aliphatic carbocycles. The maximum atomic E-state index is 4.71. The molecule has 1 aliphatic heterocycles. The Bertz CT molecular complexity index is 836. The third-order valence-electron chi connectivity index (χ3n) is 4.23. The molecule has 1 aliphatic rings. The van der Waals surface area contributed by atoms with Crippen molar-refractivity contribution in [1.82, 2.24) is 24.7 Å². The van der Waals surface area contributed by atoms with E-state index in [9.17, 15) is 0 Å². The number of fused-ring (bicyclic) bond motifs is 2. The molecule has 0 spiro atoms. The number of nitrogens with one attached hydrogen (secondary N) is 1. The van der Waals surface area contributed by atoms with Crippen LogP contribution >= 0.6 is 11.3 Å². The van der Waals surface area contributed by atoms with Gasteiger partial charge in [-0.25, -0.2) is 19.6 Å². The van der Waals surface area contributed by atoms with Crippen LogP contribution in [0.5, 0.6) is 0 Å². The van der Waals surface area contributed by atoms with Crippen LogP contribution in [0.3, 0.4) is 0 Å². The Balaban J connectivity index is 1.71. The quantitative estimate of drug-likeness (QED) is 0.795. The Hall–Kier alpha value is -2.02. The lowest BCUT2D eigenvalue weighted by Gasteiger charge is -2.24. The summed E-state index contributed by atoms with van der Waals surface area (Å²) in [4.78, 5) is 15.1. The number of hydrogen-bond donors (Lipinski definition) is 1. The van der Waals surface area contributed by atoms with Crippen molar-refractivity contribution in [1.29, 1.82) is 0 Å². The summed E-state index contributed by atoms with van der Waals surface area (Å²) in [6.45, 7) is 5.14. The van der Waals surface area contributed by atoms with Gasteiger partial charge in [0.2, 0.25) is 0 Å². The first kappa shape index (κ1) is 14.6. The molecule has 0 amide bonds. The van der Waals surface area contributed by atoms with E-state index in [-0.39, 0.29) is 6.04 Å². The molecule has 6 nitrogen and oxygen atoms in total. The van der Waals surface area contributed by atoms with Crippen LogP contribution in [-0.4, -0.2) is 24.7 Å². The Labute approximate surface area is 139 Å². The average molecular weight is 328 g/mol. The topological polar surface area (TPSA) is 68.5 Å². The molecule has 0 bridgehead atoms. The van der Waals surface area contributed by atoms with Gasteiger partial charge in [-0.3, -0.25) is 0 Å². The molecular formula is C16H20N6S. The second-order valence-corrected chi connectivity index (χ2v) is 6.68. The van der Waals surface area contributed by atoms with Crippen LogP contribution in [0.15, 0.2) is 11.4 Å². The van der Waals surface area contributed by atoms with Gasteiger partial charge >= 0.3 is 0 Å². The monoisotopic (exact) mass is 328 g/mol. The molecule has 1 atom stereocenters. The minimum atomic E-state index is 0.166. The summed E-state index contributed by atoms with van der Waals surface area (Å²) in [5, 5.41) is 11.4. The fraction of sp³-hybridized carbons (Fsp3) is 0.500. The normalized spacial score (nSPS) is 17.4. The largest absolute Gasteiger partial charge is 0.359 e. The minimum Gasteiger partial charge on any atom is -0.359 e. The van der Waals surface area contributed by atoms with Crippen LogP contribution in [0.4, 0.5) is 5.82 Å². The maximum Gasteiger partial charge on any atom is 0.150 e. The van der Waals surface area contributed by atoms with Gasteiger partial charge < -0.3 is 5.32 Å². The molecule has 3 aromatic heterocycles. The fourth-order valence-corrected chi connectivity index (χ4v) is 3.80. The van der Waals surface area contributed by atoms with Crippen molar-refractivity contribution in [3.8, 4) is 0 Å². The van der Waals surface area contributed by atoms with Crippen molar-refractivity contribution in [3.05, 3.63) is 28.9 Å². The molecule has 7 heteroatoms. The predicted molar refractivity (Wildman–Crippen MR) is 91.8 cm³/mol. The highest BCUT2D eigenvalue weighted by molar-refractivity contribution is 7.16. The second-order valence-electron chi connectivity index (χ2n) is 5.78. The molecule has 0 saturated carbocycles. The molecule has 0 radical (unpaired) electrons. The maximum absolute atomic E-state index is 4.71. The van der Waals surface area contributed by atoms with E-state index < -0.39 is 0 Å². The van der Waals surface area contributed by atoms with E-state index >= 15 is 0 Å². The summed E-state index contributed by atoms with van der Waals surface area (Å²) >= 11 is 1.66. The van der Waals surface area contributed by atoms with Crippen molar-refractivity contribution in [2.24, 2.45) is 0 Å². The van der Waals surface area contributed by atoms with Gasteiger partial charge in [0.05, 0.1) is 11.4 Å². The van der Waals surface area contributed by atoms with Crippen molar-refractivity contribution >= 4 is 27.4 Å². The third kappa shape index (κ3) is 2.59. The Morgan fingerprint density at radius 3 is 2.91 bits per heavy atom. The molecule has 1 N–H and O–H groups in total. The van der Waals surface area contributed by atoms with Crippen molar-refractivity contribution < 1.29 is 0 Å². The number of aromatic nitrogens is 5. The molecule has 1 unspecified atom stereocenters. The summed E-state index contributed by atoms with van der Waals surface area (Å²) in [6.07, 6.45) is 3.87. The molecule has 23 heavy (non-hydrogen) atoms. The number of anilines is 1. The number of thiophene rings is 1. The molecule has 120 valence electrons. The van der Waals surface area contributed by atoms with Crippen LogP contribution in [0.2, 0.25) is 0 Å². The predicted octanol–water partition coefficient (Wildman–Crippen LogP) is 3.35. The summed E-state index contributed by atoms with van der Waals surface area (Å²) in [7, 11) is 0. The van der Waals surface area contributed by atoms with E-state index in [1.165, 1.54) is 0 Å². The molecule has 0 saturated heterocycles. The highest BCUT2D eigenvalue weighted by Gasteiger charge is 2.25. The molecule has 0 aromatic carbocycles. The van der Waals surface area contributed by atoms with Crippen LogP contribution in [0, 0.1) is 0 Å². The van der Waals surface area contributed by atoms with Gasteiger partial charge in [-0.05, 0) is 24.3 Å². The summed E-state index contributed by atoms with van der Waals surface area (Å²) in [5.74, 6) is 3.76. The van der Waals surface area contributed by atoms with Crippen LogP contribution < -0.4 is 5.32 Å². The summed E-state index contributed by atoms with van der Waals surface area (Å²) in [5.41, 5.74) is 0. The van der Waals surface area contributed by atoms with Gasteiger partial charge in [-0.1, -0.05) is 13.8 Å². The lowest BCUT2D eigenvalue weighted by Crippen LogP contribution is -2.23. The van der Waals surface area contributed by atoms with E-state index in [2.05, 4.69) is 40.7 Å². The zero-order valence-electron chi connectivity index (χ0n) is 13.4. The van der Waals surface area contributed by atoms with E-state index in [0.29, 0.717) is 0 Å². The minimum absolute atomic E-state index is 0.166. The van der Waals surface area contributed by atoms with E-state index in [1.54, 1.807) is 11.3 Å². The highest BCUT2D eigenvalue weighted by atomic mass is 32.1. The van der Waals surface area contributed by atoms with Gasteiger partial charge in [0.1, 0.15) is 22.3 Å². The van der Waals surface area contributed by atoms with Crippen LogP contribution in [0.25, 0.3) is 10.2 Å².